The molecule has 19 heavy (non-hydrogen) atoms. The van der Waals surface area contributed by atoms with Gasteiger partial charge in [-0.25, -0.2) is 8.78 Å². The lowest BCUT2D eigenvalue weighted by Crippen LogP contribution is -2.40. The van der Waals surface area contributed by atoms with Crippen LogP contribution in [0.15, 0.2) is 18.2 Å². The van der Waals surface area contributed by atoms with Crippen molar-refractivity contribution in [1.29, 1.82) is 0 Å². The van der Waals surface area contributed by atoms with Crippen molar-refractivity contribution in [1.82, 2.24) is 10.2 Å². The highest BCUT2D eigenvalue weighted by atomic mass is 19.1. The third kappa shape index (κ3) is 2.39. The summed E-state index contributed by atoms with van der Waals surface area (Å²) in [5, 5.41) is 3.43. The molecule has 0 amide bonds. The van der Waals surface area contributed by atoms with E-state index in [4.69, 9.17) is 0 Å². The Morgan fingerprint density at radius 3 is 2.68 bits per heavy atom. The van der Waals surface area contributed by atoms with Crippen LogP contribution in [0.2, 0.25) is 0 Å². The average Bonchev–Trinajstić information content (AvgIpc) is 2.94. The van der Waals surface area contributed by atoms with Gasteiger partial charge in [-0.1, -0.05) is 6.07 Å². The minimum absolute atomic E-state index is 0.166. The Balaban J connectivity index is 1.73. The normalized spacial score (nSPS) is 28.6. The molecule has 2 saturated heterocycles. The molecule has 2 aliphatic rings. The summed E-state index contributed by atoms with van der Waals surface area (Å²) in [6, 6.07) is 4.69. The van der Waals surface area contributed by atoms with Crippen molar-refractivity contribution in [2.75, 3.05) is 13.1 Å². The van der Waals surface area contributed by atoms with E-state index in [-0.39, 0.29) is 11.6 Å². The maximum absolute atomic E-state index is 13.8. The molecule has 0 aromatic heterocycles. The Labute approximate surface area is 112 Å². The van der Waals surface area contributed by atoms with E-state index in [9.17, 15) is 8.78 Å². The fraction of sp³-hybridized carbons (Fsp3) is 0.600. The van der Waals surface area contributed by atoms with Gasteiger partial charge < -0.3 is 5.32 Å². The van der Waals surface area contributed by atoms with Gasteiger partial charge in [-0.2, -0.15) is 0 Å². The van der Waals surface area contributed by atoms with E-state index < -0.39 is 11.6 Å². The van der Waals surface area contributed by atoms with E-state index in [1.54, 1.807) is 0 Å². The van der Waals surface area contributed by atoms with Gasteiger partial charge in [0, 0.05) is 30.2 Å². The van der Waals surface area contributed by atoms with Gasteiger partial charge in [0.05, 0.1) is 0 Å². The third-order valence-corrected chi connectivity index (χ3v) is 4.50. The van der Waals surface area contributed by atoms with Gasteiger partial charge in [-0.3, -0.25) is 4.90 Å². The van der Waals surface area contributed by atoms with E-state index in [1.165, 1.54) is 37.6 Å². The Hall–Kier alpha value is -1.00. The highest BCUT2D eigenvalue weighted by molar-refractivity contribution is 5.23. The summed E-state index contributed by atoms with van der Waals surface area (Å²) in [7, 11) is 0. The van der Waals surface area contributed by atoms with Crippen LogP contribution >= 0.6 is 0 Å². The van der Waals surface area contributed by atoms with E-state index in [0.717, 1.165) is 13.0 Å². The number of rotatable bonds is 3. The first-order chi connectivity index (χ1) is 9.16. The molecule has 2 fully saturated rings. The Bertz CT molecular complexity index is 443. The van der Waals surface area contributed by atoms with Crippen molar-refractivity contribution in [3.05, 3.63) is 35.4 Å². The predicted molar refractivity (Wildman–Crippen MR) is 70.9 cm³/mol. The quantitative estimate of drug-likeness (QED) is 0.905. The first-order valence-corrected chi connectivity index (χ1v) is 7.11. The smallest absolute Gasteiger partial charge is 0.130 e. The molecule has 1 N–H and O–H groups in total. The summed E-state index contributed by atoms with van der Waals surface area (Å²) in [5.41, 5.74) is 0.166. The molecule has 0 aliphatic carbocycles. The maximum Gasteiger partial charge on any atom is 0.130 e. The summed E-state index contributed by atoms with van der Waals surface area (Å²) in [6.07, 6.45) is 3.51. The topological polar surface area (TPSA) is 15.3 Å². The third-order valence-electron chi connectivity index (χ3n) is 4.50. The van der Waals surface area contributed by atoms with Crippen LogP contribution in [-0.2, 0) is 0 Å². The van der Waals surface area contributed by atoms with Gasteiger partial charge in [-0.05, 0) is 44.9 Å². The van der Waals surface area contributed by atoms with Crippen LogP contribution < -0.4 is 5.32 Å². The first kappa shape index (κ1) is 13.0. The van der Waals surface area contributed by atoms with Crippen molar-refractivity contribution in [3.8, 4) is 0 Å². The molecule has 1 aromatic rings. The van der Waals surface area contributed by atoms with Crippen LogP contribution in [0, 0.1) is 11.6 Å². The minimum Gasteiger partial charge on any atom is -0.306 e. The zero-order valence-corrected chi connectivity index (χ0v) is 11.2. The van der Waals surface area contributed by atoms with E-state index in [1.807, 2.05) is 6.92 Å². The summed E-state index contributed by atoms with van der Waals surface area (Å²) < 4.78 is 27.5. The largest absolute Gasteiger partial charge is 0.306 e. The fourth-order valence-corrected chi connectivity index (χ4v) is 3.61. The van der Waals surface area contributed by atoms with Crippen molar-refractivity contribution in [2.24, 2.45) is 0 Å². The molecule has 4 heteroatoms. The zero-order chi connectivity index (χ0) is 13.4. The summed E-state index contributed by atoms with van der Waals surface area (Å²) in [4.78, 5) is 2.49. The standard InChI is InChI=1S/C15H20F2N2/c1-10(15-11(16)4-2-5-12(15)17)18-13-7-9-19-8-3-6-14(13)19/h2,4-5,10,13-14,18H,3,6-9H2,1H3. The molecule has 3 unspecified atom stereocenters. The van der Waals surface area contributed by atoms with Crippen LogP contribution in [0.1, 0.15) is 37.8 Å². The molecule has 3 atom stereocenters. The molecule has 3 rings (SSSR count). The van der Waals surface area contributed by atoms with Crippen LogP contribution in [0.5, 0.6) is 0 Å². The Kier molecular flexibility index (Phi) is 3.54. The van der Waals surface area contributed by atoms with Gasteiger partial charge in [0.25, 0.3) is 0 Å². The van der Waals surface area contributed by atoms with Crippen molar-refractivity contribution in [3.63, 3.8) is 0 Å². The van der Waals surface area contributed by atoms with Gasteiger partial charge in [0.15, 0.2) is 0 Å². The number of nitrogens with one attached hydrogen (secondary N) is 1. The summed E-state index contributed by atoms with van der Waals surface area (Å²) in [6.45, 7) is 4.12. The monoisotopic (exact) mass is 266 g/mol. The second-order valence-corrected chi connectivity index (χ2v) is 5.66. The first-order valence-electron chi connectivity index (χ1n) is 7.11. The highest BCUT2D eigenvalue weighted by Gasteiger charge is 2.37. The number of halogens is 2. The minimum atomic E-state index is -0.457. The number of fused-ring (bicyclic) bond motifs is 1. The highest BCUT2D eigenvalue weighted by Crippen LogP contribution is 2.30. The number of hydrogen-bond donors (Lipinski definition) is 1. The second-order valence-electron chi connectivity index (χ2n) is 5.66. The van der Waals surface area contributed by atoms with Gasteiger partial charge in [-0.15, -0.1) is 0 Å². The van der Waals surface area contributed by atoms with Gasteiger partial charge in [0.1, 0.15) is 11.6 Å². The number of hydrogen-bond acceptors (Lipinski definition) is 2. The molecule has 0 bridgehead atoms. The lowest BCUT2D eigenvalue weighted by molar-refractivity contribution is 0.289. The lowest BCUT2D eigenvalue weighted by atomic mass is 10.0. The molecule has 0 spiro atoms. The van der Waals surface area contributed by atoms with Crippen molar-refractivity contribution >= 4 is 0 Å². The van der Waals surface area contributed by atoms with Crippen LogP contribution in [-0.4, -0.2) is 30.1 Å². The molecule has 2 aliphatic heterocycles. The van der Waals surface area contributed by atoms with Crippen LogP contribution in [0.3, 0.4) is 0 Å². The van der Waals surface area contributed by atoms with Crippen molar-refractivity contribution in [2.45, 2.75) is 44.3 Å². The SMILES string of the molecule is CC(NC1CCN2CCCC12)c1c(F)cccc1F. The Morgan fingerprint density at radius 2 is 1.95 bits per heavy atom. The summed E-state index contributed by atoms with van der Waals surface area (Å²) in [5.74, 6) is -0.914. The second kappa shape index (κ2) is 5.17. The molecule has 2 nitrogen and oxygen atoms in total. The number of nitrogens with zero attached hydrogens (tertiary/aromatic N) is 1. The van der Waals surface area contributed by atoms with E-state index >= 15 is 0 Å². The molecule has 1 aromatic carbocycles. The Morgan fingerprint density at radius 1 is 1.21 bits per heavy atom. The van der Waals surface area contributed by atoms with Crippen LogP contribution in [0.25, 0.3) is 0 Å². The molecule has 0 radical (unpaired) electrons. The molecule has 2 heterocycles. The van der Waals surface area contributed by atoms with Crippen molar-refractivity contribution < 1.29 is 8.78 Å². The maximum atomic E-state index is 13.8. The fourth-order valence-electron chi connectivity index (χ4n) is 3.61. The molecule has 0 saturated carbocycles. The predicted octanol–water partition coefficient (Wildman–Crippen LogP) is 2.85. The molecule has 104 valence electrons. The van der Waals surface area contributed by atoms with Crippen LogP contribution in [0.4, 0.5) is 8.78 Å². The lowest BCUT2D eigenvalue weighted by Gasteiger charge is -2.25. The van der Waals surface area contributed by atoms with Gasteiger partial charge in [0.2, 0.25) is 0 Å². The van der Waals surface area contributed by atoms with Gasteiger partial charge >= 0.3 is 0 Å². The molecular weight excluding hydrogens is 246 g/mol. The average molecular weight is 266 g/mol. The van der Waals surface area contributed by atoms with E-state index in [2.05, 4.69) is 10.2 Å². The number of benzene rings is 1. The summed E-state index contributed by atoms with van der Waals surface area (Å²) >= 11 is 0. The zero-order valence-electron chi connectivity index (χ0n) is 11.2. The van der Waals surface area contributed by atoms with E-state index in [0.29, 0.717) is 12.1 Å². The molecular formula is C15H20F2N2.